The predicted molar refractivity (Wildman–Crippen MR) is 119 cm³/mol. The molecule has 5 nitrogen and oxygen atoms in total. The summed E-state index contributed by atoms with van der Waals surface area (Å²) in [5, 5.41) is 3.83. The fourth-order valence-electron chi connectivity index (χ4n) is 4.03. The van der Waals surface area contributed by atoms with Gasteiger partial charge in [-0.15, -0.1) is 0 Å². The van der Waals surface area contributed by atoms with E-state index in [0.717, 1.165) is 36.5 Å². The first-order chi connectivity index (χ1) is 14.5. The SMILES string of the molecule is CC(C)n1cnc2c1[C@H](C(=O)NCc1ccc(Cl)cc1)N(Cc1ccccc1)CC2. The molecule has 3 aromatic rings. The molecule has 0 aliphatic carbocycles. The number of aromatic nitrogens is 2. The summed E-state index contributed by atoms with van der Waals surface area (Å²) in [5.74, 6) is 0.00392. The molecule has 0 radical (unpaired) electrons. The molecule has 0 bridgehead atoms. The van der Waals surface area contributed by atoms with Crippen LogP contribution in [0.4, 0.5) is 0 Å². The topological polar surface area (TPSA) is 50.2 Å². The molecular weight excluding hydrogens is 396 g/mol. The zero-order chi connectivity index (χ0) is 21.1. The first kappa shape index (κ1) is 20.6. The number of nitrogens with one attached hydrogen (secondary N) is 1. The molecule has 30 heavy (non-hydrogen) atoms. The number of rotatable bonds is 6. The van der Waals surface area contributed by atoms with Crippen LogP contribution in [-0.4, -0.2) is 26.9 Å². The van der Waals surface area contributed by atoms with E-state index < -0.39 is 0 Å². The van der Waals surface area contributed by atoms with Crippen molar-refractivity contribution >= 4 is 17.5 Å². The van der Waals surface area contributed by atoms with Gasteiger partial charge >= 0.3 is 0 Å². The van der Waals surface area contributed by atoms with Gasteiger partial charge in [-0.05, 0) is 37.1 Å². The molecule has 4 rings (SSSR count). The highest BCUT2D eigenvalue weighted by molar-refractivity contribution is 6.30. The van der Waals surface area contributed by atoms with E-state index in [9.17, 15) is 4.79 Å². The number of nitrogens with zero attached hydrogens (tertiary/aromatic N) is 3. The second-order valence-corrected chi connectivity index (χ2v) is 8.47. The van der Waals surface area contributed by atoms with Crippen LogP contribution >= 0.6 is 11.6 Å². The monoisotopic (exact) mass is 422 g/mol. The standard InChI is InChI=1S/C24H27ClN4O/c1-17(2)29-16-27-21-12-13-28(15-19-6-4-3-5-7-19)23(22(21)29)24(30)26-14-18-8-10-20(25)11-9-18/h3-11,16-17,23H,12-15H2,1-2H3,(H,26,30)/t23-/m1/s1. The Kier molecular flexibility index (Phi) is 6.21. The van der Waals surface area contributed by atoms with Crippen LogP contribution in [0, 0.1) is 0 Å². The van der Waals surface area contributed by atoms with Crippen LogP contribution in [0.5, 0.6) is 0 Å². The Labute approximate surface area is 182 Å². The molecule has 1 amide bonds. The Bertz CT molecular complexity index is 998. The van der Waals surface area contributed by atoms with Gasteiger partial charge in [-0.2, -0.15) is 0 Å². The van der Waals surface area contributed by atoms with Gasteiger partial charge in [-0.1, -0.05) is 54.1 Å². The number of fused-ring (bicyclic) bond motifs is 1. The molecule has 156 valence electrons. The third-order valence-corrected chi connectivity index (χ3v) is 5.84. The van der Waals surface area contributed by atoms with Gasteiger partial charge < -0.3 is 9.88 Å². The lowest BCUT2D eigenvalue weighted by molar-refractivity contribution is -0.127. The summed E-state index contributed by atoms with van der Waals surface area (Å²) >= 11 is 5.98. The molecule has 0 spiro atoms. The summed E-state index contributed by atoms with van der Waals surface area (Å²) in [6.07, 6.45) is 2.73. The molecule has 1 aliphatic heterocycles. The normalized spacial score (nSPS) is 16.5. The summed E-state index contributed by atoms with van der Waals surface area (Å²) in [6.45, 7) is 6.25. The smallest absolute Gasteiger partial charge is 0.243 e. The van der Waals surface area contributed by atoms with E-state index in [2.05, 4.69) is 45.7 Å². The highest BCUT2D eigenvalue weighted by Gasteiger charge is 2.36. The molecule has 0 unspecified atom stereocenters. The van der Waals surface area contributed by atoms with Crippen molar-refractivity contribution in [2.24, 2.45) is 0 Å². The summed E-state index contributed by atoms with van der Waals surface area (Å²) in [6, 6.07) is 17.8. The van der Waals surface area contributed by atoms with Crippen LogP contribution in [0.3, 0.4) is 0 Å². The van der Waals surface area contributed by atoms with Gasteiger partial charge in [0.2, 0.25) is 5.91 Å². The van der Waals surface area contributed by atoms with Crippen LogP contribution < -0.4 is 5.32 Å². The number of halogens is 1. The molecule has 1 atom stereocenters. The van der Waals surface area contributed by atoms with E-state index in [1.165, 1.54) is 5.56 Å². The fraction of sp³-hybridized carbons (Fsp3) is 0.333. The second kappa shape index (κ2) is 9.02. The minimum atomic E-state index is -0.369. The maximum atomic E-state index is 13.5. The average molecular weight is 423 g/mol. The average Bonchev–Trinajstić information content (AvgIpc) is 3.18. The van der Waals surface area contributed by atoms with E-state index >= 15 is 0 Å². The van der Waals surface area contributed by atoms with Crippen LogP contribution in [0.25, 0.3) is 0 Å². The van der Waals surface area contributed by atoms with Crippen molar-refractivity contribution in [3.05, 3.63) is 88.5 Å². The maximum Gasteiger partial charge on any atom is 0.243 e. The van der Waals surface area contributed by atoms with Crippen molar-refractivity contribution in [3.63, 3.8) is 0 Å². The van der Waals surface area contributed by atoms with Gasteiger partial charge in [-0.3, -0.25) is 9.69 Å². The minimum Gasteiger partial charge on any atom is -0.350 e. The Morgan fingerprint density at radius 2 is 1.87 bits per heavy atom. The first-order valence-corrected chi connectivity index (χ1v) is 10.8. The molecule has 2 aromatic carbocycles. The molecular formula is C24H27ClN4O. The molecule has 0 saturated carbocycles. The van der Waals surface area contributed by atoms with Gasteiger partial charge in [0.15, 0.2) is 0 Å². The third-order valence-electron chi connectivity index (χ3n) is 5.58. The van der Waals surface area contributed by atoms with Gasteiger partial charge in [0.25, 0.3) is 0 Å². The second-order valence-electron chi connectivity index (χ2n) is 8.03. The molecule has 0 saturated heterocycles. The largest absolute Gasteiger partial charge is 0.350 e. The van der Waals surface area contributed by atoms with Crippen molar-refractivity contribution in [1.29, 1.82) is 0 Å². The number of hydrogen-bond donors (Lipinski definition) is 1. The Hall–Kier alpha value is -2.63. The number of hydrogen-bond acceptors (Lipinski definition) is 3. The quantitative estimate of drug-likeness (QED) is 0.634. The van der Waals surface area contributed by atoms with Gasteiger partial charge in [0.1, 0.15) is 6.04 Å². The fourth-order valence-corrected chi connectivity index (χ4v) is 4.16. The maximum absolute atomic E-state index is 13.5. The highest BCUT2D eigenvalue weighted by Crippen LogP contribution is 2.32. The Morgan fingerprint density at radius 1 is 1.13 bits per heavy atom. The molecule has 1 aromatic heterocycles. The van der Waals surface area contributed by atoms with E-state index in [0.29, 0.717) is 11.6 Å². The van der Waals surface area contributed by atoms with Crippen molar-refractivity contribution in [3.8, 4) is 0 Å². The van der Waals surface area contributed by atoms with E-state index in [-0.39, 0.29) is 18.0 Å². The lowest BCUT2D eigenvalue weighted by Crippen LogP contribution is -2.45. The zero-order valence-corrected chi connectivity index (χ0v) is 18.1. The van der Waals surface area contributed by atoms with Crippen molar-refractivity contribution in [2.75, 3.05) is 6.54 Å². The van der Waals surface area contributed by atoms with Gasteiger partial charge in [-0.25, -0.2) is 4.98 Å². The zero-order valence-electron chi connectivity index (χ0n) is 17.4. The predicted octanol–water partition coefficient (Wildman–Crippen LogP) is 4.53. The van der Waals surface area contributed by atoms with Crippen molar-refractivity contribution < 1.29 is 4.79 Å². The van der Waals surface area contributed by atoms with E-state index in [1.807, 2.05) is 48.8 Å². The lowest BCUT2D eigenvalue weighted by Gasteiger charge is -2.36. The van der Waals surface area contributed by atoms with Crippen molar-refractivity contribution in [1.82, 2.24) is 19.8 Å². The van der Waals surface area contributed by atoms with Crippen LogP contribution in [0.15, 0.2) is 60.9 Å². The number of carbonyl (C=O) groups excluding carboxylic acids is 1. The summed E-state index contributed by atoms with van der Waals surface area (Å²) in [7, 11) is 0. The molecule has 0 fully saturated rings. The first-order valence-electron chi connectivity index (χ1n) is 10.4. The van der Waals surface area contributed by atoms with Gasteiger partial charge in [0.05, 0.1) is 17.7 Å². The number of benzene rings is 2. The Balaban J connectivity index is 1.61. The minimum absolute atomic E-state index is 0.00392. The highest BCUT2D eigenvalue weighted by atomic mass is 35.5. The van der Waals surface area contributed by atoms with Crippen LogP contribution in [0.2, 0.25) is 5.02 Å². The number of amides is 1. The van der Waals surface area contributed by atoms with Gasteiger partial charge in [0, 0.05) is 37.1 Å². The number of carbonyl (C=O) groups is 1. The summed E-state index contributed by atoms with van der Waals surface area (Å²) < 4.78 is 2.14. The third kappa shape index (κ3) is 4.42. The van der Waals surface area contributed by atoms with Crippen LogP contribution in [0.1, 0.15) is 48.4 Å². The molecule has 2 heterocycles. The van der Waals surface area contributed by atoms with Crippen LogP contribution in [-0.2, 0) is 24.3 Å². The van der Waals surface area contributed by atoms with Crippen molar-refractivity contribution in [2.45, 2.75) is 45.4 Å². The lowest BCUT2D eigenvalue weighted by atomic mass is 9.99. The Morgan fingerprint density at radius 3 is 2.57 bits per heavy atom. The van der Waals surface area contributed by atoms with E-state index in [1.54, 1.807) is 0 Å². The number of imidazole rings is 1. The molecule has 1 aliphatic rings. The summed E-state index contributed by atoms with van der Waals surface area (Å²) in [4.78, 5) is 20.3. The molecule has 6 heteroatoms. The van der Waals surface area contributed by atoms with E-state index in [4.69, 9.17) is 11.6 Å². The molecule has 1 N–H and O–H groups in total. The summed E-state index contributed by atoms with van der Waals surface area (Å²) in [5.41, 5.74) is 4.27.